The lowest BCUT2D eigenvalue weighted by molar-refractivity contribution is -0.151. The molecule has 1 saturated carbocycles. The molecule has 252 valence electrons. The van der Waals surface area contributed by atoms with Crippen molar-refractivity contribution >= 4 is 45.8 Å². The molecule has 2 aromatic carbocycles. The normalized spacial score (nSPS) is 18.0. The van der Waals surface area contributed by atoms with Gasteiger partial charge in [-0.05, 0) is 69.7 Å². The summed E-state index contributed by atoms with van der Waals surface area (Å²) in [5.41, 5.74) is 2.63. The first-order valence-corrected chi connectivity index (χ1v) is 18.2. The fourth-order valence-corrected chi connectivity index (χ4v) is 8.13. The number of nitrogens with zero attached hydrogens (tertiary/aromatic N) is 4. The van der Waals surface area contributed by atoms with Crippen LogP contribution in [0, 0.1) is 0 Å². The van der Waals surface area contributed by atoms with E-state index in [9.17, 15) is 19.2 Å². The number of rotatable bonds is 16. The van der Waals surface area contributed by atoms with Crippen molar-refractivity contribution < 1.29 is 28.7 Å². The van der Waals surface area contributed by atoms with E-state index >= 15 is 0 Å². The van der Waals surface area contributed by atoms with Crippen molar-refractivity contribution in [2.45, 2.75) is 82.6 Å². The smallest absolute Gasteiger partial charge is 0.306 e. The molecule has 0 saturated heterocycles. The van der Waals surface area contributed by atoms with E-state index in [4.69, 9.17) is 9.47 Å². The lowest BCUT2D eigenvalue weighted by Crippen LogP contribution is -2.41. The van der Waals surface area contributed by atoms with Crippen LogP contribution >= 0.6 is 21.6 Å². The van der Waals surface area contributed by atoms with Gasteiger partial charge in [0.2, 0.25) is 6.41 Å². The van der Waals surface area contributed by atoms with E-state index in [1.165, 1.54) is 10.5 Å². The summed E-state index contributed by atoms with van der Waals surface area (Å²) in [5.74, 6) is -0.738. The maximum Gasteiger partial charge on any atom is 0.306 e. The SMILES string of the molecule is C/C(=C(\CCOC(=O)CCCC(=O)OC1CCC(N(C)C(=O)c2ccc3c(c2)=NCN=3)CC1)SSC(C)c1ccccc1)N(C)C=O. The molecule has 1 aliphatic heterocycles. The van der Waals surface area contributed by atoms with Crippen LogP contribution in [0.2, 0.25) is 0 Å². The molecule has 47 heavy (non-hydrogen) atoms. The zero-order valence-electron chi connectivity index (χ0n) is 27.6. The number of carbonyl (C=O) groups is 4. The van der Waals surface area contributed by atoms with Crippen molar-refractivity contribution in [2.24, 2.45) is 9.98 Å². The summed E-state index contributed by atoms with van der Waals surface area (Å²) in [6.07, 6.45) is 4.54. The average Bonchev–Trinajstić information content (AvgIpc) is 3.57. The van der Waals surface area contributed by atoms with Gasteiger partial charge in [-0.1, -0.05) is 51.9 Å². The van der Waals surface area contributed by atoms with Gasteiger partial charge in [0.15, 0.2) is 0 Å². The molecule has 2 aromatic rings. The van der Waals surface area contributed by atoms with E-state index in [1.807, 2.05) is 38.2 Å². The van der Waals surface area contributed by atoms with Crippen molar-refractivity contribution in [3.8, 4) is 0 Å². The van der Waals surface area contributed by atoms with Crippen LogP contribution in [0.5, 0.6) is 0 Å². The second-order valence-corrected chi connectivity index (χ2v) is 14.4. The number of hydrogen-bond donors (Lipinski definition) is 0. The summed E-state index contributed by atoms with van der Waals surface area (Å²) in [4.78, 5) is 62.2. The Hall–Kier alpha value is -3.64. The van der Waals surface area contributed by atoms with E-state index in [0.29, 0.717) is 37.9 Å². The Labute approximate surface area is 284 Å². The van der Waals surface area contributed by atoms with Gasteiger partial charge in [0.1, 0.15) is 12.8 Å². The molecule has 0 spiro atoms. The van der Waals surface area contributed by atoms with Crippen LogP contribution in [-0.2, 0) is 23.9 Å². The van der Waals surface area contributed by atoms with Crippen molar-refractivity contribution in [1.29, 1.82) is 0 Å². The highest BCUT2D eigenvalue weighted by Gasteiger charge is 2.29. The fraction of sp³-hybridized carbons (Fsp3) is 0.486. The highest BCUT2D eigenvalue weighted by atomic mass is 33.1. The minimum absolute atomic E-state index is 0.0480. The van der Waals surface area contributed by atoms with Crippen LogP contribution in [0.15, 0.2) is 69.1 Å². The Morgan fingerprint density at radius 3 is 2.38 bits per heavy atom. The van der Waals surface area contributed by atoms with Gasteiger partial charge in [0.25, 0.3) is 5.91 Å². The summed E-state index contributed by atoms with van der Waals surface area (Å²) in [6, 6.07) is 15.7. The van der Waals surface area contributed by atoms with Gasteiger partial charge in [-0.2, -0.15) is 0 Å². The molecule has 0 radical (unpaired) electrons. The largest absolute Gasteiger partial charge is 0.465 e. The summed E-state index contributed by atoms with van der Waals surface area (Å²) in [6.45, 7) is 4.61. The molecule has 1 atom stereocenters. The Kier molecular flexibility index (Phi) is 13.9. The molecule has 1 aliphatic carbocycles. The number of esters is 2. The molecule has 2 amide bonds. The first-order chi connectivity index (χ1) is 22.7. The Bertz CT molecular complexity index is 1560. The molecular formula is C35H44N4O6S2. The van der Waals surface area contributed by atoms with Gasteiger partial charge in [0, 0.05) is 60.8 Å². The monoisotopic (exact) mass is 680 g/mol. The lowest BCUT2D eigenvalue weighted by atomic mass is 9.91. The molecule has 2 aliphatic rings. The van der Waals surface area contributed by atoms with Gasteiger partial charge in [-0.3, -0.25) is 29.2 Å². The number of hydrogen-bond acceptors (Lipinski definition) is 10. The van der Waals surface area contributed by atoms with Crippen LogP contribution < -0.4 is 10.7 Å². The summed E-state index contributed by atoms with van der Waals surface area (Å²) >= 11 is 0. The predicted molar refractivity (Wildman–Crippen MR) is 184 cm³/mol. The summed E-state index contributed by atoms with van der Waals surface area (Å²) in [7, 11) is 6.80. The second kappa shape index (κ2) is 18.1. The second-order valence-electron chi connectivity index (χ2n) is 11.8. The van der Waals surface area contributed by atoms with Crippen LogP contribution in [0.1, 0.15) is 86.4 Å². The number of fused-ring (bicyclic) bond motifs is 1. The number of amides is 2. The van der Waals surface area contributed by atoms with Crippen LogP contribution in [0.3, 0.4) is 0 Å². The van der Waals surface area contributed by atoms with Gasteiger partial charge < -0.3 is 19.3 Å². The molecule has 1 unspecified atom stereocenters. The topological polar surface area (TPSA) is 118 Å². The number of carbonyl (C=O) groups excluding carboxylic acids is 4. The maximum atomic E-state index is 13.1. The highest BCUT2D eigenvalue weighted by molar-refractivity contribution is 8.78. The third kappa shape index (κ3) is 10.7. The molecule has 1 fully saturated rings. The van der Waals surface area contributed by atoms with E-state index < -0.39 is 0 Å². The lowest BCUT2D eigenvalue weighted by Gasteiger charge is -2.34. The van der Waals surface area contributed by atoms with Gasteiger partial charge in [0.05, 0.1) is 17.3 Å². The van der Waals surface area contributed by atoms with Gasteiger partial charge >= 0.3 is 11.9 Å². The molecule has 12 heteroatoms. The van der Waals surface area contributed by atoms with E-state index in [-0.39, 0.29) is 54.7 Å². The Balaban J connectivity index is 1.13. The zero-order chi connectivity index (χ0) is 33.8. The first kappa shape index (κ1) is 36.2. The van der Waals surface area contributed by atoms with Gasteiger partial charge in [-0.15, -0.1) is 0 Å². The molecule has 0 aromatic heterocycles. The van der Waals surface area contributed by atoms with Crippen molar-refractivity contribution in [3.63, 3.8) is 0 Å². The number of benzene rings is 2. The molecule has 10 nitrogen and oxygen atoms in total. The average molecular weight is 681 g/mol. The summed E-state index contributed by atoms with van der Waals surface area (Å²) in [5, 5.41) is 1.81. The fourth-order valence-electron chi connectivity index (χ4n) is 5.44. The van der Waals surface area contributed by atoms with Crippen molar-refractivity contribution in [2.75, 3.05) is 27.4 Å². The molecule has 0 N–H and O–H groups in total. The molecule has 4 rings (SSSR count). The van der Waals surface area contributed by atoms with Crippen molar-refractivity contribution in [1.82, 2.24) is 9.80 Å². The third-order valence-electron chi connectivity index (χ3n) is 8.52. The number of allylic oxidation sites excluding steroid dienone is 1. The molecular weight excluding hydrogens is 637 g/mol. The minimum atomic E-state index is -0.367. The van der Waals surface area contributed by atoms with Crippen LogP contribution in [0.4, 0.5) is 0 Å². The van der Waals surface area contributed by atoms with Gasteiger partial charge in [-0.25, -0.2) is 0 Å². The zero-order valence-corrected chi connectivity index (χ0v) is 29.2. The summed E-state index contributed by atoms with van der Waals surface area (Å²) < 4.78 is 11.2. The van der Waals surface area contributed by atoms with Crippen molar-refractivity contribution in [3.05, 3.63) is 81.0 Å². The van der Waals surface area contributed by atoms with E-state index in [2.05, 4.69) is 29.0 Å². The quantitative estimate of drug-likeness (QED) is 0.132. The Morgan fingerprint density at radius 2 is 1.66 bits per heavy atom. The highest BCUT2D eigenvalue weighted by Crippen LogP contribution is 2.44. The van der Waals surface area contributed by atoms with Crippen LogP contribution in [0.25, 0.3) is 0 Å². The Morgan fingerprint density at radius 1 is 0.957 bits per heavy atom. The van der Waals surface area contributed by atoms with E-state index in [0.717, 1.165) is 40.6 Å². The first-order valence-electron chi connectivity index (χ1n) is 16.0. The predicted octanol–water partition coefficient (Wildman–Crippen LogP) is 5.39. The van der Waals surface area contributed by atoms with E-state index in [1.54, 1.807) is 45.7 Å². The molecule has 1 heterocycles. The minimum Gasteiger partial charge on any atom is -0.465 e. The standard InChI is InChI=1S/C35H44N4O6S2/c1-24(38(3)23-40)32(47-46-25(2)26-9-6-5-7-10-26)19-20-44-33(41)11-8-12-34(42)45-29-16-14-28(15-17-29)39(4)35(43)27-13-18-30-31(21-27)37-22-36-30/h5-7,9-10,13,18,21,23,25,28-29H,8,11-12,14-17,19-20,22H2,1-4H3/b32-24-. The third-order valence-corrected chi connectivity index (χ3v) is 11.6. The maximum absolute atomic E-state index is 13.1. The number of ether oxygens (including phenoxy) is 2. The molecule has 0 bridgehead atoms. The van der Waals surface area contributed by atoms with Crippen LogP contribution in [-0.4, -0.2) is 73.6 Å².